The van der Waals surface area contributed by atoms with Gasteiger partial charge in [-0.05, 0) is 37.6 Å². The summed E-state index contributed by atoms with van der Waals surface area (Å²) in [6.07, 6.45) is 0.898. The molecule has 1 heterocycles. The third-order valence-corrected chi connectivity index (χ3v) is 2.84. The molecule has 15 heavy (non-hydrogen) atoms. The van der Waals surface area contributed by atoms with E-state index in [2.05, 4.69) is 10.6 Å². The molecule has 1 aromatic rings. The molecule has 1 fully saturated rings. The van der Waals surface area contributed by atoms with Crippen LogP contribution >= 0.6 is 11.6 Å². The van der Waals surface area contributed by atoms with Gasteiger partial charge >= 0.3 is 0 Å². The molecule has 2 rings (SSSR count). The number of hydrogen-bond acceptors (Lipinski definition) is 2. The number of rotatable bonds is 2. The lowest BCUT2D eigenvalue weighted by atomic mass is 10.1. The summed E-state index contributed by atoms with van der Waals surface area (Å²) >= 11 is 6.00. The van der Waals surface area contributed by atoms with E-state index in [4.69, 9.17) is 11.6 Å². The molecule has 0 aliphatic carbocycles. The number of amides is 1. The molecular formula is C11H13ClN2O. The number of nitrogens with one attached hydrogen (secondary N) is 2. The van der Waals surface area contributed by atoms with Crippen LogP contribution in [-0.4, -0.2) is 18.5 Å². The van der Waals surface area contributed by atoms with Crippen LogP contribution < -0.4 is 10.6 Å². The van der Waals surface area contributed by atoms with Crippen LogP contribution in [-0.2, 0) is 4.79 Å². The van der Waals surface area contributed by atoms with E-state index in [0.717, 1.165) is 18.5 Å². The Morgan fingerprint density at radius 3 is 2.87 bits per heavy atom. The molecule has 1 atom stereocenters. The summed E-state index contributed by atoms with van der Waals surface area (Å²) < 4.78 is 0. The molecule has 0 radical (unpaired) electrons. The minimum absolute atomic E-state index is 0.00740. The second-order valence-corrected chi connectivity index (χ2v) is 4.18. The molecule has 0 spiro atoms. The van der Waals surface area contributed by atoms with Crippen LogP contribution in [0.1, 0.15) is 12.0 Å². The molecule has 4 heteroatoms. The highest BCUT2D eigenvalue weighted by Crippen LogP contribution is 2.23. The van der Waals surface area contributed by atoms with Crippen LogP contribution in [0.15, 0.2) is 18.2 Å². The number of carbonyl (C=O) groups excluding carboxylic acids is 1. The SMILES string of the molecule is Cc1ccc(NC(=O)[C@H]2CCN2)c(Cl)c1. The third kappa shape index (κ3) is 2.30. The number of hydrogen-bond donors (Lipinski definition) is 2. The fourth-order valence-electron chi connectivity index (χ4n) is 1.45. The lowest BCUT2D eigenvalue weighted by Crippen LogP contribution is -2.50. The fraction of sp³-hybridized carbons (Fsp3) is 0.364. The Morgan fingerprint density at radius 1 is 1.60 bits per heavy atom. The van der Waals surface area contributed by atoms with Crippen LogP contribution in [0.2, 0.25) is 5.02 Å². The summed E-state index contributed by atoms with van der Waals surface area (Å²) in [6, 6.07) is 5.54. The first-order valence-corrected chi connectivity index (χ1v) is 5.35. The van der Waals surface area contributed by atoms with Crippen molar-refractivity contribution in [2.24, 2.45) is 0 Å². The molecule has 1 aliphatic heterocycles. The normalized spacial score (nSPS) is 19.5. The van der Waals surface area contributed by atoms with Crippen molar-refractivity contribution in [1.82, 2.24) is 5.32 Å². The minimum atomic E-state index is -0.0534. The Balaban J connectivity index is 2.06. The van der Waals surface area contributed by atoms with E-state index in [0.29, 0.717) is 10.7 Å². The Bertz CT molecular complexity index is 388. The summed E-state index contributed by atoms with van der Waals surface area (Å²) in [6.45, 7) is 2.88. The van der Waals surface area contributed by atoms with Crippen LogP contribution in [0.5, 0.6) is 0 Å². The van der Waals surface area contributed by atoms with E-state index in [-0.39, 0.29) is 11.9 Å². The molecule has 2 N–H and O–H groups in total. The molecular weight excluding hydrogens is 212 g/mol. The Morgan fingerprint density at radius 2 is 2.33 bits per heavy atom. The Hall–Kier alpha value is -1.06. The highest BCUT2D eigenvalue weighted by Gasteiger charge is 2.24. The van der Waals surface area contributed by atoms with Gasteiger partial charge < -0.3 is 10.6 Å². The van der Waals surface area contributed by atoms with Gasteiger partial charge in [-0.15, -0.1) is 0 Å². The van der Waals surface area contributed by atoms with Gasteiger partial charge in [0.05, 0.1) is 16.8 Å². The van der Waals surface area contributed by atoms with Crippen LogP contribution in [0.3, 0.4) is 0 Å². The largest absolute Gasteiger partial charge is 0.323 e. The first-order valence-electron chi connectivity index (χ1n) is 4.97. The fourth-order valence-corrected chi connectivity index (χ4v) is 1.74. The van der Waals surface area contributed by atoms with Gasteiger partial charge in [0.2, 0.25) is 5.91 Å². The standard InChI is InChI=1S/C11H13ClN2O/c1-7-2-3-9(8(12)6-7)14-11(15)10-4-5-13-10/h2-3,6,10,13H,4-5H2,1H3,(H,14,15)/t10-/m1/s1. The predicted octanol–water partition coefficient (Wildman–Crippen LogP) is 1.95. The maximum Gasteiger partial charge on any atom is 0.241 e. The van der Waals surface area contributed by atoms with Crippen molar-refractivity contribution in [2.75, 3.05) is 11.9 Å². The number of carbonyl (C=O) groups is 1. The predicted molar refractivity (Wildman–Crippen MR) is 61.2 cm³/mol. The Labute approximate surface area is 93.8 Å². The zero-order valence-corrected chi connectivity index (χ0v) is 9.27. The van der Waals surface area contributed by atoms with Gasteiger partial charge in [-0.2, -0.15) is 0 Å². The molecule has 0 unspecified atom stereocenters. The summed E-state index contributed by atoms with van der Waals surface area (Å²) in [7, 11) is 0. The highest BCUT2D eigenvalue weighted by molar-refractivity contribution is 6.33. The number of benzene rings is 1. The topological polar surface area (TPSA) is 41.1 Å². The third-order valence-electron chi connectivity index (χ3n) is 2.52. The summed E-state index contributed by atoms with van der Waals surface area (Å²) in [5.41, 5.74) is 1.76. The van der Waals surface area contributed by atoms with Gasteiger partial charge in [-0.25, -0.2) is 0 Å². The van der Waals surface area contributed by atoms with E-state index in [1.807, 2.05) is 25.1 Å². The van der Waals surface area contributed by atoms with E-state index >= 15 is 0 Å². The van der Waals surface area contributed by atoms with Gasteiger partial charge in [0, 0.05) is 0 Å². The summed E-state index contributed by atoms with van der Waals surface area (Å²) in [5.74, 6) is -0.00740. The molecule has 1 saturated heterocycles. The van der Waals surface area contributed by atoms with E-state index in [1.165, 1.54) is 0 Å². The first-order chi connectivity index (χ1) is 7.16. The van der Waals surface area contributed by atoms with Crippen molar-refractivity contribution >= 4 is 23.2 Å². The van der Waals surface area contributed by atoms with Crippen molar-refractivity contribution in [2.45, 2.75) is 19.4 Å². The van der Waals surface area contributed by atoms with Crippen molar-refractivity contribution in [3.8, 4) is 0 Å². The van der Waals surface area contributed by atoms with E-state index in [1.54, 1.807) is 0 Å². The van der Waals surface area contributed by atoms with E-state index < -0.39 is 0 Å². The zero-order valence-electron chi connectivity index (χ0n) is 8.51. The van der Waals surface area contributed by atoms with Crippen LogP contribution in [0, 0.1) is 6.92 Å². The van der Waals surface area contributed by atoms with Gasteiger partial charge in [0.1, 0.15) is 0 Å². The quantitative estimate of drug-likeness (QED) is 0.806. The number of aryl methyl sites for hydroxylation is 1. The number of anilines is 1. The average Bonchev–Trinajstić information content (AvgIpc) is 2.07. The maximum atomic E-state index is 11.6. The van der Waals surface area contributed by atoms with Gasteiger partial charge in [0.25, 0.3) is 0 Å². The summed E-state index contributed by atoms with van der Waals surface area (Å²) in [4.78, 5) is 11.6. The minimum Gasteiger partial charge on any atom is -0.323 e. The zero-order chi connectivity index (χ0) is 10.8. The molecule has 0 aromatic heterocycles. The second kappa shape index (κ2) is 4.21. The van der Waals surface area contributed by atoms with Crippen LogP contribution in [0.4, 0.5) is 5.69 Å². The second-order valence-electron chi connectivity index (χ2n) is 3.77. The molecule has 0 bridgehead atoms. The van der Waals surface area contributed by atoms with Gasteiger partial charge in [0.15, 0.2) is 0 Å². The molecule has 1 aromatic carbocycles. The molecule has 0 saturated carbocycles. The van der Waals surface area contributed by atoms with Gasteiger partial charge in [-0.1, -0.05) is 17.7 Å². The highest BCUT2D eigenvalue weighted by atomic mass is 35.5. The lowest BCUT2D eigenvalue weighted by Gasteiger charge is -2.26. The smallest absolute Gasteiger partial charge is 0.241 e. The first kappa shape index (κ1) is 10.5. The van der Waals surface area contributed by atoms with Crippen molar-refractivity contribution in [1.29, 1.82) is 0 Å². The molecule has 1 amide bonds. The van der Waals surface area contributed by atoms with Crippen molar-refractivity contribution in [3.05, 3.63) is 28.8 Å². The molecule has 3 nitrogen and oxygen atoms in total. The lowest BCUT2D eigenvalue weighted by molar-refractivity contribution is -0.119. The van der Waals surface area contributed by atoms with Crippen molar-refractivity contribution < 1.29 is 4.79 Å². The maximum absolute atomic E-state index is 11.6. The molecule has 1 aliphatic rings. The molecule has 80 valence electrons. The van der Waals surface area contributed by atoms with Crippen LogP contribution in [0.25, 0.3) is 0 Å². The van der Waals surface area contributed by atoms with E-state index in [9.17, 15) is 4.79 Å². The number of halogens is 1. The summed E-state index contributed by atoms with van der Waals surface area (Å²) in [5, 5.41) is 6.43. The monoisotopic (exact) mass is 224 g/mol. The van der Waals surface area contributed by atoms with Crippen molar-refractivity contribution in [3.63, 3.8) is 0 Å². The van der Waals surface area contributed by atoms with Gasteiger partial charge in [-0.3, -0.25) is 4.79 Å². The Kier molecular flexibility index (Phi) is 2.93. The average molecular weight is 225 g/mol.